The number of carbonyl (C=O) groups is 1. The number of benzene rings is 1. The van der Waals surface area contributed by atoms with Gasteiger partial charge < -0.3 is 10.6 Å². The first-order chi connectivity index (χ1) is 9.01. The van der Waals surface area contributed by atoms with Gasteiger partial charge in [-0.25, -0.2) is 0 Å². The normalized spacial score (nSPS) is 21.1. The largest absolute Gasteiger partial charge is 0.352 e. The van der Waals surface area contributed by atoms with E-state index >= 15 is 0 Å². The molecule has 0 radical (unpaired) electrons. The van der Waals surface area contributed by atoms with Crippen LogP contribution in [0.25, 0.3) is 0 Å². The summed E-state index contributed by atoms with van der Waals surface area (Å²) in [5.74, 6) is 0.0239. The van der Waals surface area contributed by atoms with Crippen molar-refractivity contribution in [1.82, 2.24) is 10.6 Å². The molecule has 1 heterocycles. The zero-order chi connectivity index (χ0) is 13.9. The maximum Gasteiger partial charge on any atom is 0.269 e. The maximum atomic E-state index is 12.1. The quantitative estimate of drug-likeness (QED) is 0.654. The number of non-ortho nitro benzene ring substituents is 1. The molecule has 20 heavy (non-hydrogen) atoms. The van der Waals surface area contributed by atoms with Crippen molar-refractivity contribution in [3.8, 4) is 0 Å². The topological polar surface area (TPSA) is 84.3 Å². The highest BCUT2D eigenvalue weighted by Gasteiger charge is 2.35. The average molecular weight is 300 g/mol. The summed E-state index contributed by atoms with van der Waals surface area (Å²) in [7, 11) is 0. The minimum Gasteiger partial charge on any atom is -0.352 e. The minimum atomic E-state index is -0.437. The lowest BCUT2D eigenvalue weighted by molar-refractivity contribution is -0.384. The van der Waals surface area contributed by atoms with Crippen LogP contribution < -0.4 is 10.6 Å². The molecule has 0 aromatic heterocycles. The molecule has 1 aromatic rings. The van der Waals surface area contributed by atoms with Crippen LogP contribution in [-0.2, 0) is 11.3 Å². The van der Waals surface area contributed by atoms with Crippen molar-refractivity contribution in [3.05, 3.63) is 39.9 Å². The number of carbonyl (C=O) groups excluding carboxylic acids is 1. The molecule has 0 bridgehead atoms. The lowest BCUT2D eigenvalue weighted by Crippen LogP contribution is -2.39. The number of hydrogen-bond acceptors (Lipinski definition) is 4. The molecule has 1 amide bonds. The number of nitrogens with zero attached hydrogens (tertiary/aromatic N) is 1. The fourth-order valence-corrected chi connectivity index (χ4v) is 2.14. The summed E-state index contributed by atoms with van der Waals surface area (Å²) in [4.78, 5) is 22.1. The Kier molecular flexibility index (Phi) is 5.47. The Hall–Kier alpha value is -1.66. The van der Waals surface area contributed by atoms with E-state index in [1.165, 1.54) is 12.1 Å². The van der Waals surface area contributed by atoms with Crippen LogP contribution in [0.15, 0.2) is 24.3 Å². The Morgan fingerprint density at radius 1 is 1.45 bits per heavy atom. The van der Waals surface area contributed by atoms with Crippen molar-refractivity contribution in [3.63, 3.8) is 0 Å². The molecule has 0 aliphatic carbocycles. The zero-order valence-corrected chi connectivity index (χ0v) is 12.0. The Morgan fingerprint density at radius 2 is 2.10 bits per heavy atom. The number of rotatable bonds is 4. The van der Waals surface area contributed by atoms with Gasteiger partial charge in [-0.1, -0.05) is 12.1 Å². The van der Waals surface area contributed by atoms with Gasteiger partial charge in [-0.2, -0.15) is 0 Å². The number of nitro benzene ring substituents is 1. The van der Waals surface area contributed by atoms with Crippen LogP contribution in [0, 0.1) is 15.5 Å². The SMILES string of the molecule is CC1(C(=O)NCc2ccc([N+](=O)[O-])cc2)CCNC1.Cl. The first-order valence-corrected chi connectivity index (χ1v) is 6.24. The average Bonchev–Trinajstić information content (AvgIpc) is 2.84. The lowest BCUT2D eigenvalue weighted by atomic mass is 9.89. The van der Waals surface area contributed by atoms with Gasteiger partial charge >= 0.3 is 0 Å². The van der Waals surface area contributed by atoms with Crippen LogP contribution in [0.2, 0.25) is 0 Å². The number of hydrogen-bond donors (Lipinski definition) is 2. The highest BCUT2D eigenvalue weighted by atomic mass is 35.5. The Balaban J connectivity index is 0.00000200. The highest BCUT2D eigenvalue weighted by molar-refractivity contribution is 5.85. The first-order valence-electron chi connectivity index (χ1n) is 6.24. The van der Waals surface area contributed by atoms with Gasteiger partial charge in [0.15, 0.2) is 0 Å². The third kappa shape index (κ3) is 3.68. The molecule has 110 valence electrons. The predicted molar refractivity (Wildman–Crippen MR) is 77.8 cm³/mol. The first kappa shape index (κ1) is 16.4. The van der Waals surface area contributed by atoms with Gasteiger partial charge in [0.25, 0.3) is 5.69 Å². The van der Waals surface area contributed by atoms with E-state index in [9.17, 15) is 14.9 Å². The molecule has 2 rings (SSSR count). The molecule has 1 atom stereocenters. The van der Waals surface area contributed by atoms with E-state index in [0.29, 0.717) is 13.1 Å². The molecule has 1 saturated heterocycles. The number of amides is 1. The van der Waals surface area contributed by atoms with Crippen molar-refractivity contribution < 1.29 is 9.72 Å². The maximum absolute atomic E-state index is 12.1. The molecule has 6 nitrogen and oxygen atoms in total. The van der Waals surface area contributed by atoms with Gasteiger partial charge in [0.1, 0.15) is 0 Å². The lowest BCUT2D eigenvalue weighted by Gasteiger charge is -2.21. The van der Waals surface area contributed by atoms with Crippen molar-refractivity contribution in [2.75, 3.05) is 13.1 Å². The van der Waals surface area contributed by atoms with Crippen molar-refractivity contribution in [2.24, 2.45) is 5.41 Å². The van der Waals surface area contributed by atoms with Crippen LogP contribution >= 0.6 is 12.4 Å². The summed E-state index contributed by atoms with van der Waals surface area (Å²) in [5.41, 5.74) is 0.566. The van der Waals surface area contributed by atoms with Crippen molar-refractivity contribution in [1.29, 1.82) is 0 Å². The fourth-order valence-electron chi connectivity index (χ4n) is 2.14. The van der Waals surface area contributed by atoms with E-state index < -0.39 is 4.92 Å². The minimum absolute atomic E-state index is 0. The van der Waals surface area contributed by atoms with Crippen LogP contribution in [-0.4, -0.2) is 23.9 Å². The van der Waals surface area contributed by atoms with E-state index in [1.807, 2.05) is 6.92 Å². The molecular formula is C13H18ClN3O3. The molecule has 7 heteroatoms. The van der Waals surface area contributed by atoms with Gasteiger partial charge in [0, 0.05) is 25.2 Å². The summed E-state index contributed by atoms with van der Waals surface area (Å²) in [5, 5.41) is 16.6. The van der Waals surface area contributed by atoms with Crippen LogP contribution in [0.3, 0.4) is 0 Å². The molecule has 1 aliphatic rings. The zero-order valence-electron chi connectivity index (χ0n) is 11.2. The third-order valence-electron chi connectivity index (χ3n) is 3.52. The van der Waals surface area contributed by atoms with Gasteiger partial charge in [-0.05, 0) is 25.5 Å². The Morgan fingerprint density at radius 3 is 2.60 bits per heavy atom. The fraction of sp³-hybridized carbons (Fsp3) is 0.462. The van der Waals surface area contributed by atoms with Crippen molar-refractivity contribution >= 4 is 24.0 Å². The summed E-state index contributed by atoms with van der Waals surface area (Å²) in [6, 6.07) is 6.21. The summed E-state index contributed by atoms with van der Waals surface area (Å²) in [6.07, 6.45) is 0.832. The summed E-state index contributed by atoms with van der Waals surface area (Å²) in [6.45, 7) is 3.89. The van der Waals surface area contributed by atoms with Gasteiger partial charge in [0.05, 0.1) is 10.3 Å². The molecule has 2 N–H and O–H groups in total. The van der Waals surface area contributed by atoms with Gasteiger partial charge in [-0.3, -0.25) is 14.9 Å². The molecule has 1 aliphatic heterocycles. The molecule has 1 aromatic carbocycles. The number of nitro groups is 1. The molecule has 0 spiro atoms. The van der Waals surface area contributed by atoms with Gasteiger partial charge in [-0.15, -0.1) is 12.4 Å². The molecule has 1 unspecified atom stereocenters. The van der Waals surface area contributed by atoms with E-state index in [0.717, 1.165) is 18.5 Å². The summed E-state index contributed by atoms with van der Waals surface area (Å²) >= 11 is 0. The van der Waals surface area contributed by atoms with Crippen LogP contribution in [0.4, 0.5) is 5.69 Å². The standard InChI is InChI=1S/C13H17N3O3.ClH/c1-13(6-7-14-9-13)12(17)15-8-10-2-4-11(5-3-10)16(18)19;/h2-5,14H,6-9H2,1H3,(H,15,17);1H. The second-order valence-corrected chi connectivity index (χ2v) is 5.09. The van der Waals surface area contributed by atoms with E-state index in [-0.39, 0.29) is 29.4 Å². The highest BCUT2D eigenvalue weighted by Crippen LogP contribution is 2.24. The second kappa shape index (κ2) is 6.67. The van der Waals surface area contributed by atoms with Crippen molar-refractivity contribution in [2.45, 2.75) is 19.9 Å². The van der Waals surface area contributed by atoms with Crippen LogP contribution in [0.1, 0.15) is 18.9 Å². The Bertz CT molecular complexity index is 484. The molecule has 1 fully saturated rings. The van der Waals surface area contributed by atoms with E-state index in [2.05, 4.69) is 10.6 Å². The number of nitrogens with one attached hydrogen (secondary N) is 2. The molecule has 0 saturated carbocycles. The molecular weight excluding hydrogens is 282 g/mol. The predicted octanol–water partition coefficient (Wildman–Crippen LogP) is 1.63. The number of halogens is 1. The monoisotopic (exact) mass is 299 g/mol. The van der Waals surface area contributed by atoms with E-state index in [4.69, 9.17) is 0 Å². The van der Waals surface area contributed by atoms with E-state index in [1.54, 1.807) is 12.1 Å². The van der Waals surface area contributed by atoms with Crippen LogP contribution in [0.5, 0.6) is 0 Å². The summed E-state index contributed by atoms with van der Waals surface area (Å²) < 4.78 is 0. The second-order valence-electron chi connectivity index (χ2n) is 5.09. The Labute approximate surface area is 123 Å². The smallest absolute Gasteiger partial charge is 0.269 e. The third-order valence-corrected chi connectivity index (χ3v) is 3.52. The van der Waals surface area contributed by atoms with Gasteiger partial charge in [0.2, 0.25) is 5.91 Å².